The van der Waals surface area contributed by atoms with Gasteiger partial charge in [0.15, 0.2) is 5.69 Å². The standard InChI is InChI=1S/C15H17F2N3O3/c1-2-3-7-22-15-10(5-4-6-18-15)9-19-14(21)11-8-12(13(16)17)23-20-11/h4-6,8,13H,2-3,7,9H2,1H3,(H,19,21). The largest absolute Gasteiger partial charge is 0.477 e. The summed E-state index contributed by atoms with van der Waals surface area (Å²) in [6, 6.07) is 4.41. The van der Waals surface area contributed by atoms with Crippen LogP contribution in [-0.2, 0) is 6.54 Å². The highest BCUT2D eigenvalue weighted by atomic mass is 19.3. The van der Waals surface area contributed by atoms with Crippen LogP contribution in [0.1, 0.15) is 48.0 Å². The third-order valence-electron chi connectivity index (χ3n) is 3.00. The molecule has 1 N–H and O–H groups in total. The number of amides is 1. The smallest absolute Gasteiger partial charge is 0.298 e. The molecule has 0 unspecified atom stereocenters. The Morgan fingerprint density at radius 2 is 2.30 bits per heavy atom. The van der Waals surface area contributed by atoms with E-state index in [1.165, 1.54) is 0 Å². The molecule has 0 aromatic carbocycles. The summed E-state index contributed by atoms with van der Waals surface area (Å²) in [5.74, 6) is -0.807. The van der Waals surface area contributed by atoms with Gasteiger partial charge >= 0.3 is 0 Å². The molecule has 0 saturated carbocycles. The molecule has 8 heteroatoms. The van der Waals surface area contributed by atoms with Crippen LogP contribution in [0.2, 0.25) is 0 Å². The fourth-order valence-electron chi connectivity index (χ4n) is 1.77. The Labute approximate surface area is 131 Å². The lowest BCUT2D eigenvalue weighted by Gasteiger charge is -2.10. The molecule has 0 spiro atoms. The Hall–Kier alpha value is -2.51. The zero-order valence-corrected chi connectivity index (χ0v) is 12.6. The average molecular weight is 325 g/mol. The fourth-order valence-corrected chi connectivity index (χ4v) is 1.77. The molecule has 2 rings (SSSR count). The van der Waals surface area contributed by atoms with E-state index in [1.54, 1.807) is 18.3 Å². The number of halogens is 2. The molecule has 0 aliphatic heterocycles. The number of rotatable bonds is 8. The molecule has 124 valence electrons. The van der Waals surface area contributed by atoms with Gasteiger partial charge in [-0.15, -0.1) is 0 Å². The molecule has 2 heterocycles. The minimum Gasteiger partial charge on any atom is -0.477 e. The van der Waals surface area contributed by atoms with Crippen molar-refractivity contribution < 1.29 is 22.8 Å². The number of unbranched alkanes of at least 4 members (excludes halogenated alkanes) is 1. The van der Waals surface area contributed by atoms with Gasteiger partial charge in [0.05, 0.1) is 6.61 Å². The van der Waals surface area contributed by atoms with Crippen LogP contribution < -0.4 is 10.1 Å². The molecule has 2 aromatic heterocycles. The van der Waals surface area contributed by atoms with Crippen LogP contribution in [0.25, 0.3) is 0 Å². The number of alkyl halides is 2. The molecule has 0 bridgehead atoms. The van der Waals surface area contributed by atoms with Gasteiger partial charge < -0.3 is 14.6 Å². The molecule has 0 aliphatic rings. The van der Waals surface area contributed by atoms with Crippen molar-refractivity contribution in [3.05, 3.63) is 41.4 Å². The Kier molecular flexibility index (Phi) is 6.02. The van der Waals surface area contributed by atoms with Gasteiger partial charge in [0, 0.05) is 24.4 Å². The maximum Gasteiger partial charge on any atom is 0.298 e. The van der Waals surface area contributed by atoms with E-state index in [-0.39, 0.29) is 12.2 Å². The number of nitrogens with zero attached hydrogens (tertiary/aromatic N) is 2. The number of aromatic nitrogens is 2. The summed E-state index contributed by atoms with van der Waals surface area (Å²) in [4.78, 5) is 16.0. The summed E-state index contributed by atoms with van der Waals surface area (Å²) in [5.41, 5.74) is 0.493. The highest BCUT2D eigenvalue weighted by Crippen LogP contribution is 2.19. The van der Waals surface area contributed by atoms with Crippen LogP contribution in [0.15, 0.2) is 28.9 Å². The number of ether oxygens (including phenoxy) is 1. The lowest BCUT2D eigenvalue weighted by Crippen LogP contribution is -2.23. The lowest BCUT2D eigenvalue weighted by molar-refractivity contribution is 0.0936. The van der Waals surface area contributed by atoms with E-state index in [4.69, 9.17) is 4.74 Å². The van der Waals surface area contributed by atoms with Gasteiger partial charge in [-0.25, -0.2) is 13.8 Å². The Morgan fingerprint density at radius 1 is 1.48 bits per heavy atom. The van der Waals surface area contributed by atoms with Crippen molar-refractivity contribution >= 4 is 5.91 Å². The first kappa shape index (κ1) is 16.9. The van der Waals surface area contributed by atoms with Crippen molar-refractivity contribution in [2.45, 2.75) is 32.7 Å². The van der Waals surface area contributed by atoms with E-state index in [9.17, 15) is 13.6 Å². The van der Waals surface area contributed by atoms with Crippen molar-refractivity contribution in [3.63, 3.8) is 0 Å². The normalized spacial score (nSPS) is 10.8. The van der Waals surface area contributed by atoms with E-state index < -0.39 is 18.1 Å². The molecule has 0 atom stereocenters. The fraction of sp³-hybridized carbons (Fsp3) is 0.400. The van der Waals surface area contributed by atoms with Gasteiger partial charge in [-0.05, 0) is 12.5 Å². The molecule has 0 saturated heterocycles. The van der Waals surface area contributed by atoms with Gasteiger partial charge in [-0.1, -0.05) is 24.6 Å². The first-order valence-electron chi connectivity index (χ1n) is 7.21. The SMILES string of the molecule is CCCCOc1ncccc1CNC(=O)c1cc(C(F)F)on1. The zero-order chi connectivity index (χ0) is 16.7. The second kappa shape index (κ2) is 8.21. The van der Waals surface area contributed by atoms with E-state index in [0.717, 1.165) is 18.9 Å². The Morgan fingerprint density at radius 3 is 3.00 bits per heavy atom. The van der Waals surface area contributed by atoms with Crippen LogP contribution in [0.4, 0.5) is 8.78 Å². The van der Waals surface area contributed by atoms with Crippen molar-refractivity contribution in [1.82, 2.24) is 15.5 Å². The number of nitrogens with one attached hydrogen (secondary N) is 1. The van der Waals surface area contributed by atoms with Crippen LogP contribution in [0.5, 0.6) is 5.88 Å². The van der Waals surface area contributed by atoms with Crippen LogP contribution >= 0.6 is 0 Å². The first-order chi connectivity index (χ1) is 11.1. The number of carbonyl (C=O) groups is 1. The summed E-state index contributed by atoms with van der Waals surface area (Å²) in [6.07, 6.45) is 0.690. The van der Waals surface area contributed by atoms with Gasteiger partial charge in [0.1, 0.15) is 0 Å². The molecule has 23 heavy (non-hydrogen) atoms. The molecular formula is C15H17F2N3O3. The highest BCUT2D eigenvalue weighted by molar-refractivity contribution is 5.92. The van der Waals surface area contributed by atoms with Gasteiger partial charge in [0.2, 0.25) is 11.6 Å². The number of pyridine rings is 1. The monoisotopic (exact) mass is 325 g/mol. The summed E-state index contributed by atoms with van der Waals surface area (Å²) in [5, 5.41) is 5.89. The molecule has 0 aliphatic carbocycles. The summed E-state index contributed by atoms with van der Waals surface area (Å²) >= 11 is 0. The Bertz CT molecular complexity index is 646. The predicted molar refractivity (Wildman–Crippen MR) is 77.3 cm³/mol. The quantitative estimate of drug-likeness (QED) is 0.755. The average Bonchev–Trinajstić information content (AvgIpc) is 3.04. The van der Waals surface area contributed by atoms with Crippen molar-refractivity contribution in [1.29, 1.82) is 0 Å². The second-order valence-electron chi connectivity index (χ2n) is 4.77. The number of hydrogen-bond acceptors (Lipinski definition) is 5. The van der Waals surface area contributed by atoms with E-state index >= 15 is 0 Å². The van der Waals surface area contributed by atoms with Gasteiger partial charge in [-0.2, -0.15) is 0 Å². The van der Waals surface area contributed by atoms with Crippen LogP contribution in [0, 0.1) is 0 Å². The Balaban J connectivity index is 1.95. The maximum atomic E-state index is 12.4. The topological polar surface area (TPSA) is 77.2 Å². The van der Waals surface area contributed by atoms with E-state index in [2.05, 4.69) is 26.9 Å². The summed E-state index contributed by atoms with van der Waals surface area (Å²) in [7, 11) is 0. The predicted octanol–water partition coefficient (Wildman–Crippen LogP) is 3.12. The number of hydrogen-bond donors (Lipinski definition) is 1. The zero-order valence-electron chi connectivity index (χ0n) is 12.6. The lowest BCUT2D eigenvalue weighted by atomic mass is 10.2. The molecule has 2 aromatic rings. The number of carbonyl (C=O) groups excluding carboxylic acids is 1. The maximum absolute atomic E-state index is 12.4. The van der Waals surface area contributed by atoms with Gasteiger partial charge in [0.25, 0.3) is 12.3 Å². The molecule has 0 fully saturated rings. The van der Waals surface area contributed by atoms with Crippen molar-refractivity contribution in [2.75, 3.05) is 6.61 Å². The minimum atomic E-state index is -2.80. The van der Waals surface area contributed by atoms with Crippen LogP contribution in [-0.4, -0.2) is 22.7 Å². The second-order valence-corrected chi connectivity index (χ2v) is 4.77. The van der Waals surface area contributed by atoms with Crippen molar-refractivity contribution in [2.24, 2.45) is 0 Å². The van der Waals surface area contributed by atoms with Gasteiger partial charge in [-0.3, -0.25) is 4.79 Å². The van der Waals surface area contributed by atoms with E-state index in [0.29, 0.717) is 18.1 Å². The molecular weight excluding hydrogens is 308 g/mol. The molecule has 6 nitrogen and oxygen atoms in total. The van der Waals surface area contributed by atoms with E-state index in [1.807, 2.05) is 0 Å². The minimum absolute atomic E-state index is 0.144. The first-order valence-corrected chi connectivity index (χ1v) is 7.21. The molecule has 0 radical (unpaired) electrons. The van der Waals surface area contributed by atoms with Crippen LogP contribution in [0.3, 0.4) is 0 Å². The summed E-state index contributed by atoms with van der Waals surface area (Å²) in [6.45, 7) is 2.73. The third kappa shape index (κ3) is 4.73. The third-order valence-corrected chi connectivity index (χ3v) is 3.00. The summed E-state index contributed by atoms with van der Waals surface area (Å²) < 4.78 is 34.8. The molecule has 1 amide bonds. The van der Waals surface area contributed by atoms with Crippen molar-refractivity contribution in [3.8, 4) is 5.88 Å². The highest BCUT2D eigenvalue weighted by Gasteiger charge is 2.18.